The van der Waals surface area contributed by atoms with Crippen molar-refractivity contribution in [2.75, 3.05) is 11.5 Å². The summed E-state index contributed by atoms with van der Waals surface area (Å²) >= 11 is 2.30. The molecule has 11 heteroatoms. The third kappa shape index (κ3) is 6.15. The molecule has 5 rings (SSSR count). The highest BCUT2D eigenvalue weighted by Crippen LogP contribution is 2.44. The minimum atomic E-state index is -1.08. The van der Waals surface area contributed by atoms with E-state index in [1.807, 2.05) is 0 Å². The minimum absolute atomic E-state index is 0.121. The zero-order chi connectivity index (χ0) is 28.9. The largest absolute Gasteiger partial charge is 0.507 e. The standard InChI is InChI=1S/C30H25F2N3O4S2/c1-2-3-16-39-22-14-10-19(11-15-22)26(36)24-25(18-8-12-21(31)13-9-18)35(28(38)27(24)37)29-33-34-30(41-29)40-17-20-6-4-5-7-23(20)32/h4-15,25,36H,2-3,16-17H2,1H3/b26-24-. The SMILES string of the molecule is CCCCOc1ccc(/C(O)=C2/C(=O)C(=O)N(c3nnc(SCc4ccccc4F)s3)C2c2ccc(F)cc2)cc1. The fourth-order valence-corrected chi connectivity index (χ4v) is 6.16. The molecular formula is C30H25F2N3O4S2. The van der Waals surface area contributed by atoms with Gasteiger partial charge in [-0.05, 0) is 60.0 Å². The second-order valence-corrected chi connectivity index (χ2v) is 11.4. The van der Waals surface area contributed by atoms with Crippen molar-refractivity contribution in [3.8, 4) is 5.75 Å². The number of aliphatic hydroxyl groups excluding tert-OH is 1. The Morgan fingerprint density at radius 1 is 1.02 bits per heavy atom. The molecule has 7 nitrogen and oxygen atoms in total. The molecular weight excluding hydrogens is 568 g/mol. The van der Waals surface area contributed by atoms with E-state index in [1.54, 1.807) is 42.5 Å². The number of benzene rings is 3. The number of aromatic nitrogens is 2. The average molecular weight is 594 g/mol. The maximum Gasteiger partial charge on any atom is 0.301 e. The van der Waals surface area contributed by atoms with E-state index in [1.165, 1.54) is 42.1 Å². The summed E-state index contributed by atoms with van der Waals surface area (Å²) in [5.41, 5.74) is 1.05. The lowest BCUT2D eigenvalue weighted by atomic mass is 9.95. The first-order chi connectivity index (χ1) is 19.9. The maximum atomic E-state index is 14.1. The summed E-state index contributed by atoms with van der Waals surface area (Å²) in [4.78, 5) is 27.9. The molecule has 0 radical (unpaired) electrons. The monoisotopic (exact) mass is 593 g/mol. The van der Waals surface area contributed by atoms with Gasteiger partial charge in [-0.15, -0.1) is 10.2 Å². The predicted octanol–water partition coefficient (Wildman–Crippen LogP) is 6.91. The molecule has 2 heterocycles. The van der Waals surface area contributed by atoms with Crippen molar-refractivity contribution in [2.45, 2.75) is 35.9 Å². The molecule has 0 aliphatic carbocycles. The van der Waals surface area contributed by atoms with Crippen molar-refractivity contribution >= 4 is 45.7 Å². The van der Waals surface area contributed by atoms with Crippen molar-refractivity contribution in [2.24, 2.45) is 0 Å². The number of unbranched alkanes of at least 4 members (excludes halogenated alkanes) is 1. The third-order valence-corrected chi connectivity index (χ3v) is 8.54. The molecule has 0 saturated carbocycles. The lowest BCUT2D eigenvalue weighted by Gasteiger charge is -2.22. The van der Waals surface area contributed by atoms with Gasteiger partial charge in [0.2, 0.25) is 5.13 Å². The number of anilines is 1. The summed E-state index contributed by atoms with van der Waals surface area (Å²) in [6.45, 7) is 2.62. The molecule has 1 fully saturated rings. The first kappa shape index (κ1) is 28.4. The highest BCUT2D eigenvalue weighted by molar-refractivity contribution is 8.00. The molecule has 1 unspecified atom stereocenters. The van der Waals surface area contributed by atoms with E-state index in [0.717, 1.165) is 29.1 Å². The van der Waals surface area contributed by atoms with E-state index in [9.17, 15) is 23.5 Å². The second kappa shape index (κ2) is 12.6. The van der Waals surface area contributed by atoms with Gasteiger partial charge in [0.05, 0.1) is 18.2 Å². The number of hydrogen-bond acceptors (Lipinski definition) is 8. The van der Waals surface area contributed by atoms with Crippen LogP contribution in [0.5, 0.6) is 5.75 Å². The Labute approximate surface area is 243 Å². The Kier molecular flexibility index (Phi) is 8.75. The molecule has 1 aliphatic heterocycles. The van der Waals surface area contributed by atoms with Gasteiger partial charge in [-0.1, -0.05) is 66.8 Å². The highest BCUT2D eigenvalue weighted by atomic mass is 32.2. The lowest BCUT2D eigenvalue weighted by molar-refractivity contribution is -0.132. The Morgan fingerprint density at radius 3 is 2.46 bits per heavy atom. The summed E-state index contributed by atoms with van der Waals surface area (Å²) < 4.78 is 34.0. The number of halogens is 2. The van der Waals surface area contributed by atoms with Crippen LogP contribution in [-0.4, -0.2) is 33.6 Å². The Balaban J connectivity index is 1.49. The Morgan fingerprint density at radius 2 is 1.76 bits per heavy atom. The zero-order valence-corrected chi connectivity index (χ0v) is 23.6. The van der Waals surface area contributed by atoms with E-state index in [0.29, 0.717) is 39.1 Å². The molecule has 1 atom stereocenters. The molecule has 0 bridgehead atoms. The van der Waals surface area contributed by atoms with Gasteiger partial charge < -0.3 is 9.84 Å². The third-order valence-electron chi connectivity index (χ3n) is 6.44. The molecule has 41 heavy (non-hydrogen) atoms. The second-order valence-electron chi connectivity index (χ2n) is 9.18. The van der Waals surface area contributed by atoms with E-state index in [4.69, 9.17) is 4.74 Å². The van der Waals surface area contributed by atoms with E-state index in [2.05, 4.69) is 17.1 Å². The fraction of sp³-hybridized carbons (Fsp3) is 0.200. The topological polar surface area (TPSA) is 92.6 Å². The minimum Gasteiger partial charge on any atom is -0.507 e. The van der Waals surface area contributed by atoms with Crippen LogP contribution in [0, 0.1) is 11.6 Å². The number of carbonyl (C=O) groups excluding carboxylic acids is 2. The summed E-state index contributed by atoms with van der Waals surface area (Å²) in [5, 5.41) is 19.7. The van der Waals surface area contributed by atoms with Crippen molar-refractivity contribution in [1.29, 1.82) is 0 Å². The van der Waals surface area contributed by atoms with Crippen molar-refractivity contribution in [1.82, 2.24) is 10.2 Å². The van der Waals surface area contributed by atoms with E-state index >= 15 is 0 Å². The van der Waals surface area contributed by atoms with Gasteiger partial charge in [0.25, 0.3) is 5.78 Å². The highest BCUT2D eigenvalue weighted by Gasteiger charge is 2.48. The van der Waals surface area contributed by atoms with Gasteiger partial charge in [-0.25, -0.2) is 8.78 Å². The van der Waals surface area contributed by atoms with Crippen LogP contribution in [0.1, 0.15) is 42.5 Å². The Hall–Kier alpha value is -4.09. The Bertz CT molecular complexity index is 1590. The number of aliphatic hydroxyl groups is 1. The molecule has 4 aromatic rings. The lowest BCUT2D eigenvalue weighted by Crippen LogP contribution is -2.29. The number of carbonyl (C=O) groups is 2. The van der Waals surface area contributed by atoms with Crippen LogP contribution in [0.2, 0.25) is 0 Å². The van der Waals surface area contributed by atoms with Crippen LogP contribution in [0.3, 0.4) is 0 Å². The number of hydrogen-bond donors (Lipinski definition) is 1. The maximum absolute atomic E-state index is 14.1. The summed E-state index contributed by atoms with van der Waals surface area (Å²) in [6.07, 6.45) is 1.89. The summed E-state index contributed by atoms with van der Waals surface area (Å²) in [6, 6.07) is 17.2. The summed E-state index contributed by atoms with van der Waals surface area (Å²) in [7, 11) is 0. The molecule has 3 aromatic carbocycles. The quantitative estimate of drug-likeness (QED) is 0.0533. The molecule has 210 valence electrons. The van der Waals surface area contributed by atoms with Crippen LogP contribution in [-0.2, 0) is 15.3 Å². The molecule has 1 aliphatic rings. The van der Waals surface area contributed by atoms with E-state index < -0.39 is 23.5 Å². The van der Waals surface area contributed by atoms with Gasteiger partial charge in [-0.3, -0.25) is 14.5 Å². The molecule has 1 N–H and O–H groups in total. The fourth-order valence-electron chi connectivity index (χ4n) is 4.30. The normalized spacial score (nSPS) is 16.4. The van der Waals surface area contributed by atoms with Crippen LogP contribution in [0.15, 0.2) is 82.7 Å². The van der Waals surface area contributed by atoms with Gasteiger partial charge in [0, 0.05) is 11.3 Å². The number of thioether (sulfide) groups is 1. The zero-order valence-electron chi connectivity index (χ0n) is 21.9. The number of amides is 1. The van der Waals surface area contributed by atoms with Gasteiger partial charge in [-0.2, -0.15) is 0 Å². The smallest absolute Gasteiger partial charge is 0.301 e. The number of nitrogens with zero attached hydrogens (tertiary/aromatic N) is 3. The molecule has 0 spiro atoms. The molecule has 1 saturated heterocycles. The van der Waals surface area contributed by atoms with Crippen molar-refractivity contribution in [3.05, 3.63) is 107 Å². The van der Waals surface area contributed by atoms with Gasteiger partial charge in [0.1, 0.15) is 23.1 Å². The number of rotatable bonds is 10. The first-order valence-electron chi connectivity index (χ1n) is 12.9. The van der Waals surface area contributed by atoms with Crippen LogP contribution < -0.4 is 9.64 Å². The first-order valence-corrected chi connectivity index (χ1v) is 14.7. The van der Waals surface area contributed by atoms with Crippen LogP contribution in [0.4, 0.5) is 13.9 Å². The summed E-state index contributed by atoms with van der Waals surface area (Å²) in [5.74, 6) is -2.11. The predicted molar refractivity (Wildman–Crippen MR) is 154 cm³/mol. The van der Waals surface area contributed by atoms with Crippen LogP contribution in [0.25, 0.3) is 5.76 Å². The van der Waals surface area contributed by atoms with E-state index in [-0.39, 0.29) is 22.3 Å². The van der Waals surface area contributed by atoms with Crippen molar-refractivity contribution in [3.63, 3.8) is 0 Å². The van der Waals surface area contributed by atoms with Gasteiger partial charge in [0.15, 0.2) is 4.34 Å². The number of ether oxygens (including phenoxy) is 1. The van der Waals surface area contributed by atoms with Crippen LogP contribution >= 0.6 is 23.1 Å². The number of ketones is 1. The number of Topliss-reactive ketones (excluding diaryl/α,β-unsaturated/α-hetero) is 1. The molecule has 1 amide bonds. The average Bonchev–Trinajstić information content (AvgIpc) is 3.55. The molecule has 1 aromatic heterocycles. The van der Waals surface area contributed by atoms with Gasteiger partial charge >= 0.3 is 5.91 Å². The van der Waals surface area contributed by atoms with Crippen molar-refractivity contribution < 1.29 is 28.2 Å².